The van der Waals surface area contributed by atoms with Gasteiger partial charge in [0.15, 0.2) is 0 Å². The highest BCUT2D eigenvalue weighted by Gasteiger charge is 2.38. The van der Waals surface area contributed by atoms with Gasteiger partial charge >= 0.3 is 0 Å². The third kappa shape index (κ3) is 5.20. The summed E-state index contributed by atoms with van der Waals surface area (Å²) in [6, 6.07) is 7.09. The first-order valence-electron chi connectivity index (χ1n) is 9.54. The third-order valence-electron chi connectivity index (χ3n) is 5.36. The Hall–Kier alpha value is -2.12. The van der Waals surface area contributed by atoms with Crippen LogP contribution >= 0.6 is 0 Å². The van der Waals surface area contributed by atoms with Crippen molar-refractivity contribution in [2.45, 2.75) is 50.3 Å². The number of hydrogen-bond acceptors (Lipinski definition) is 5. The quantitative estimate of drug-likeness (QED) is 0.682. The number of rotatable bonds is 6. The average molecular weight is 376 g/mol. The molecule has 1 aromatic rings. The van der Waals surface area contributed by atoms with Gasteiger partial charge in [-0.25, -0.2) is 0 Å². The van der Waals surface area contributed by atoms with Crippen molar-refractivity contribution in [3.63, 3.8) is 0 Å². The molecule has 1 aliphatic heterocycles. The lowest BCUT2D eigenvalue weighted by atomic mass is 10.0. The van der Waals surface area contributed by atoms with E-state index in [0.717, 1.165) is 18.4 Å². The minimum Gasteiger partial charge on any atom is -0.496 e. The molecule has 0 bridgehead atoms. The van der Waals surface area contributed by atoms with Gasteiger partial charge in [-0.15, -0.1) is 0 Å². The van der Waals surface area contributed by atoms with Gasteiger partial charge < -0.3 is 25.2 Å². The topological polar surface area (TPSA) is 96.9 Å². The molecule has 1 saturated heterocycles. The van der Waals surface area contributed by atoms with Gasteiger partial charge in [0.25, 0.3) is 0 Å². The van der Waals surface area contributed by atoms with Gasteiger partial charge in [-0.1, -0.05) is 18.2 Å². The monoisotopic (exact) mass is 376 g/mol. The molecule has 3 N–H and O–H groups in total. The number of ether oxygens (including phenoxy) is 2. The van der Waals surface area contributed by atoms with E-state index in [1.165, 1.54) is 0 Å². The van der Waals surface area contributed by atoms with Crippen LogP contribution in [0.4, 0.5) is 0 Å². The number of para-hydroxylation sites is 1. The van der Waals surface area contributed by atoms with Gasteiger partial charge in [-0.05, 0) is 31.7 Å². The first kappa shape index (κ1) is 19.6. The second-order valence-corrected chi connectivity index (χ2v) is 7.29. The maximum atomic E-state index is 12.5. The molecule has 1 heterocycles. The van der Waals surface area contributed by atoms with E-state index >= 15 is 0 Å². The predicted octanol–water partition coefficient (Wildman–Crippen LogP) is 0.789. The fourth-order valence-electron chi connectivity index (χ4n) is 3.83. The lowest BCUT2D eigenvalue weighted by Crippen LogP contribution is -2.42. The highest BCUT2D eigenvalue weighted by Crippen LogP contribution is 2.27. The van der Waals surface area contributed by atoms with E-state index in [0.29, 0.717) is 31.8 Å². The van der Waals surface area contributed by atoms with E-state index in [1.807, 2.05) is 24.3 Å². The zero-order chi connectivity index (χ0) is 19.2. The number of nitrogens with one attached hydrogen (secondary N) is 2. The molecule has 1 aromatic carbocycles. The van der Waals surface area contributed by atoms with E-state index < -0.39 is 12.1 Å². The molecule has 3 atom stereocenters. The summed E-state index contributed by atoms with van der Waals surface area (Å²) in [5.41, 5.74) is 0.791. The van der Waals surface area contributed by atoms with Crippen LogP contribution in [0.1, 0.15) is 31.2 Å². The zero-order valence-corrected chi connectivity index (χ0v) is 15.6. The Labute approximate surface area is 159 Å². The summed E-state index contributed by atoms with van der Waals surface area (Å²) < 4.78 is 10.6. The van der Waals surface area contributed by atoms with Crippen LogP contribution in [0.2, 0.25) is 0 Å². The Kier molecular flexibility index (Phi) is 6.68. The molecule has 27 heavy (non-hydrogen) atoms. The van der Waals surface area contributed by atoms with E-state index in [-0.39, 0.29) is 30.2 Å². The van der Waals surface area contributed by atoms with Crippen LogP contribution in [0.15, 0.2) is 24.3 Å². The lowest BCUT2D eigenvalue weighted by molar-refractivity contribution is -0.126. The Bertz CT molecular complexity index is 660. The van der Waals surface area contributed by atoms with Gasteiger partial charge in [0.1, 0.15) is 5.75 Å². The molecule has 0 radical (unpaired) electrons. The Balaban J connectivity index is 1.50. The van der Waals surface area contributed by atoms with Crippen molar-refractivity contribution in [3.05, 3.63) is 29.8 Å². The summed E-state index contributed by atoms with van der Waals surface area (Å²) in [5.74, 6) is 0.157. The number of benzene rings is 1. The summed E-state index contributed by atoms with van der Waals surface area (Å²) in [6.45, 7) is 1.33. The fraction of sp³-hybridized carbons (Fsp3) is 0.600. The van der Waals surface area contributed by atoms with E-state index in [4.69, 9.17) is 9.47 Å². The molecule has 0 unspecified atom stereocenters. The Morgan fingerprint density at radius 1 is 1.19 bits per heavy atom. The highest BCUT2D eigenvalue weighted by atomic mass is 16.5. The molecule has 1 saturated carbocycles. The van der Waals surface area contributed by atoms with Crippen LogP contribution in [-0.2, 0) is 20.7 Å². The van der Waals surface area contributed by atoms with Crippen molar-refractivity contribution in [2.75, 3.05) is 20.3 Å². The molecule has 7 nitrogen and oxygen atoms in total. The summed E-state index contributed by atoms with van der Waals surface area (Å²) in [5, 5.41) is 16.2. The number of carbonyl (C=O) groups excluding carboxylic acids is 2. The highest BCUT2D eigenvalue weighted by molar-refractivity contribution is 5.81. The minimum absolute atomic E-state index is 0.0394. The number of carbonyl (C=O) groups is 2. The first-order chi connectivity index (χ1) is 13.1. The van der Waals surface area contributed by atoms with E-state index in [2.05, 4.69) is 10.6 Å². The Morgan fingerprint density at radius 2 is 1.93 bits per heavy atom. The molecule has 2 aliphatic rings. The summed E-state index contributed by atoms with van der Waals surface area (Å²) in [6.07, 6.45) is 1.92. The van der Waals surface area contributed by atoms with Crippen LogP contribution in [0.25, 0.3) is 0 Å². The van der Waals surface area contributed by atoms with Crippen molar-refractivity contribution in [1.82, 2.24) is 10.6 Å². The predicted molar refractivity (Wildman–Crippen MR) is 99.3 cm³/mol. The van der Waals surface area contributed by atoms with Gasteiger partial charge in [-0.3, -0.25) is 9.59 Å². The van der Waals surface area contributed by atoms with Crippen LogP contribution in [-0.4, -0.2) is 55.4 Å². The molecule has 7 heteroatoms. The third-order valence-corrected chi connectivity index (χ3v) is 5.36. The van der Waals surface area contributed by atoms with Gasteiger partial charge in [0.2, 0.25) is 11.8 Å². The zero-order valence-electron chi connectivity index (χ0n) is 15.6. The molecular formula is C20H28N2O5. The van der Waals surface area contributed by atoms with Crippen molar-refractivity contribution < 1.29 is 24.2 Å². The Morgan fingerprint density at radius 3 is 2.67 bits per heavy atom. The molecular weight excluding hydrogens is 348 g/mol. The first-order valence-corrected chi connectivity index (χ1v) is 9.54. The number of aliphatic hydroxyl groups excluding tert-OH is 1. The fourth-order valence-corrected chi connectivity index (χ4v) is 3.83. The van der Waals surface area contributed by atoms with Gasteiger partial charge in [-0.2, -0.15) is 0 Å². The number of hydrogen-bond donors (Lipinski definition) is 3. The molecule has 3 rings (SSSR count). The van der Waals surface area contributed by atoms with Gasteiger partial charge in [0, 0.05) is 30.7 Å². The minimum atomic E-state index is -0.711. The smallest absolute Gasteiger partial charge is 0.224 e. The summed E-state index contributed by atoms with van der Waals surface area (Å²) in [4.78, 5) is 24.9. The lowest BCUT2D eigenvalue weighted by Gasteiger charge is -2.24. The van der Waals surface area contributed by atoms with E-state index in [9.17, 15) is 14.7 Å². The van der Waals surface area contributed by atoms with Crippen LogP contribution in [0.5, 0.6) is 5.75 Å². The summed E-state index contributed by atoms with van der Waals surface area (Å²) >= 11 is 0. The van der Waals surface area contributed by atoms with Crippen molar-refractivity contribution >= 4 is 11.8 Å². The maximum Gasteiger partial charge on any atom is 0.224 e. The van der Waals surface area contributed by atoms with Crippen LogP contribution in [0, 0.1) is 5.92 Å². The average Bonchev–Trinajstić information content (AvgIpc) is 3.03. The summed E-state index contributed by atoms with van der Waals surface area (Å²) in [7, 11) is 1.57. The molecule has 2 fully saturated rings. The molecule has 0 aromatic heterocycles. The molecule has 2 amide bonds. The standard InChI is InChI=1S/C20H28N2O5/c1-26-18-5-3-2-4-13(18)12-19(24)22-16-10-14(11-17(16)23)20(25)21-15-6-8-27-9-7-15/h2-5,14-17,23H,6-12H2,1H3,(H,21,25)(H,22,24)/t14-,16+,17+/m0/s1. The second-order valence-electron chi connectivity index (χ2n) is 7.29. The molecule has 0 spiro atoms. The number of amides is 2. The number of aliphatic hydroxyl groups is 1. The van der Waals surface area contributed by atoms with Gasteiger partial charge in [0.05, 0.1) is 25.7 Å². The maximum absolute atomic E-state index is 12.5. The molecule has 1 aliphatic carbocycles. The normalized spacial score (nSPS) is 25.8. The van der Waals surface area contributed by atoms with Crippen LogP contribution < -0.4 is 15.4 Å². The SMILES string of the molecule is COc1ccccc1CC(=O)N[C@@H]1C[C@H](C(=O)NC2CCOCC2)C[C@H]1O. The molecule has 148 valence electrons. The largest absolute Gasteiger partial charge is 0.496 e. The van der Waals surface area contributed by atoms with Crippen molar-refractivity contribution in [2.24, 2.45) is 5.92 Å². The second kappa shape index (κ2) is 9.19. The van der Waals surface area contributed by atoms with Crippen LogP contribution in [0.3, 0.4) is 0 Å². The van der Waals surface area contributed by atoms with Crippen molar-refractivity contribution in [3.8, 4) is 5.75 Å². The van der Waals surface area contributed by atoms with Crippen molar-refractivity contribution in [1.29, 1.82) is 0 Å². The number of methoxy groups -OCH3 is 1. The van der Waals surface area contributed by atoms with E-state index in [1.54, 1.807) is 7.11 Å².